The van der Waals surface area contributed by atoms with Gasteiger partial charge in [0.2, 0.25) is 0 Å². The van der Waals surface area contributed by atoms with E-state index in [4.69, 9.17) is 4.74 Å². The van der Waals surface area contributed by atoms with E-state index in [1.807, 2.05) is 249 Å². The molecule has 0 radical (unpaired) electrons. The van der Waals surface area contributed by atoms with Crippen LogP contribution in [0.3, 0.4) is 0 Å². The number of aliphatic hydroxyl groups is 2. The van der Waals surface area contributed by atoms with Crippen molar-refractivity contribution in [1.29, 1.82) is 0 Å². The summed E-state index contributed by atoms with van der Waals surface area (Å²) >= 11 is 0. The van der Waals surface area contributed by atoms with E-state index >= 15 is 0 Å². The third-order valence-corrected chi connectivity index (χ3v) is 13.5. The molecule has 10 rings (SSSR count). The van der Waals surface area contributed by atoms with Crippen LogP contribution in [0.15, 0.2) is 243 Å². The molecule has 8 aromatic carbocycles. The van der Waals surface area contributed by atoms with Crippen molar-refractivity contribution in [2.24, 2.45) is 0 Å². The van der Waals surface area contributed by atoms with E-state index < -0.39 is 41.3 Å². The van der Waals surface area contributed by atoms with Gasteiger partial charge in [-0.05, 0) is 69.0 Å². The molecular formula is C64H62N2O7. The number of aliphatic hydroxyl groups excluding tert-OH is 2. The second-order valence-electron chi connectivity index (χ2n) is 18.2. The van der Waals surface area contributed by atoms with E-state index in [1.165, 1.54) is 0 Å². The number of rotatable bonds is 14. The molecule has 0 spiro atoms. The fourth-order valence-electron chi connectivity index (χ4n) is 9.71. The number of carbonyl (C=O) groups is 2. The largest absolute Gasteiger partial charge is 0.393 e. The number of hydrogen-bond acceptors (Lipinski definition) is 7. The Labute approximate surface area is 428 Å². The number of nitrogens with zero attached hydrogens (tertiary/aromatic N) is 2. The van der Waals surface area contributed by atoms with Crippen LogP contribution in [0, 0.1) is 0 Å². The van der Waals surface area contributed by atoms with Crippen LogP contribution in [0.4, 0.5) is 0 Å². The molecular weight excluding hydrogens is 909 g/mol. The predicted octanol–water partition coefficient (Wildman–Crippen LogP) is 12.3. The summed E-state index contributed by atoms with van der Waals surface area (Å²) < 4.78 is 5.78. The van der Waals surface area contributed by atoms with Crippen molar-refractivity contribution in [3.63, 3.8) is 0 Å². The maximum Gasteiger partial charge on any atom is 0.258 e. The number of hydroxylamine groups is 4. The van der Waals surface area contributed by atoms with Crippen molar-refractivity contribution < 1.29 is 35.0 Å². The smallest absolute Gasteiger partial charge is 0.258 e. The number of epoxide rings is 1. The predicted molar refractivity (Wildman–Crippen MR) is 286 cm³/mol. The molecule has 370 valence electrons. The van der Waals surface area contributed by atoms with E-state index in [2.05, 4.69) is 0 Å². The van der Waals surface area contributed by atoms with Crippen LogP contribution < -0.4 is 0 Å². The Balaban J connectivity index is 0.000000175. The number of carbonyl (C=O) groups excluding carboxylic acids is 2. The van der Waals surface area contributed by atoms with Gasteiger partial charge in [-0.25, -0.2) is 10.1 Å². The highest BCUT2D eigenvalue weighted by atomic mass is 16.6. The maximum absolute atomic E-state index is 13.9. The first kappa shape index (κ1) is 51.6. The molecule has 1 aliphatic heterocycles. The zero-order valence-electron chi connectivity index (χ0n) is 40.7. The Morgan fingerprint density at radius 1 is 0.493 bits per heavy atom. The molecule has 2 aliphatic rings. The van der Waals surface area contributed by atoms with E-state index in [-0.39, 0.29) is 19.3 Å². The van der Waals surface area contributed by atoms with Gasteiger partial charge < -0.3 is 14.9 Å². The van der Waals surface area contributed by atoms with Gasteiger partial charge in [0.25, 0.3) is 11.8 Å². The highest BCUT2D eigenvalue weighted by Gasteiger charge is 2.58. The quantitative estimate of drug-likeness (QED) is 0.0369. The van der Waals surface area contributed by atoms with Gasteiger partial charge in [0.05, 0.1) is 37.1 Å². The van der Waals surface area contributed by atoms with Gasteiger partial charge in [-0.2, -0.15) is 0 Å². The summed E-state index contributed by atoms with van der Waals surface area (Å²) in [5.41, 5.74) is 7.76. The Kier molecular flexibility index (Phi) is 18.1. The van der Waals surface area contributed by atoms with Crippen molar-refractivity contribution in [2.75, 3.05) is 13.2 Å². The number of hydrogen-bond donors (Lipinski definition) is 4. The third kappa shape index (κ3) is 12.8. The van der Waals surface area contributed by atoms with Crippen molar-refractivity contribution in [3.05, 3.63) is 287 Å². The molecule has 9 heteroatoms. The van der Waals surface area contributed by atoms with Crippen LogP contribution in [0.2, 0.25) is 0 Å². The summed E-state index contributed by atoms with van der Waals surface area (Å²) in [5, 5.41) is 43.4. The van der Waals surface area contributed by atoms with Crippen LogP contribution in [-0.2, 0) is 19.9 Å². The van der Waals surface area contributed by atoms with Crippen LogP contribution in [0.5, 0.6) is 0 Å². The molecule has 9 nitrogen and oxygen atoms in total. The summed E-state index contributed by atoms with van der Waals surface area (Å²) in [6, 6.07) is 75.8. The lowest BCUT2D eigenvalue weighted by molar-refractivity contribution is -0.213. The topological polar surface area (TPSA) is 134 Å². The first-order valence-corrected chi connectivity index (χ1v) is 24.9. The first-order chi connectivity index (χ1) is 35.8. The third-order valence-electron chi connectivity index (χ3n) is 13.5. The normalized spacial score (nSPS) is 18.1. The van der Waals surface area contributed by atoms with Gasteiger partial charge in [-0.15, -0.1) is 0 Å². The van der Waals surface area contributed by atoms with E-state index in [0.717, 1.165) is 73.0 Å². The van der Waals surface area contributed by atoms with Crippen molar-refractivity contribution in [2.45, 2.75) is 61.3 Å². The maximum atomic E-state index is 13.9. The molecule has 1 saturated heterocycles. The lowest BCUT2D eigenvalue weighted by atomic mass is 9.85. The van der Waals surface area contributed by atoms with Gasteiger partial charge in [0, 0.05) is 0 Å². The van der Waals surface area contributed by atoms with Crippen molar-refractivity contribution in [1.82, 2.24) is 10.1 Å². The zero-order chi connectivity index (χ0) is 50.8. The lowest BCUT2D eigenvalue weighted by Crippen LogP contribution is -2.56. The molecule has 8 aromatic rings. The Morgan fingerprint density at radius 2 is 0.836 bits per heavy atom. The van der Waals surface area contributed by atoms with E-state index in [9.17, 15) is 30.2 Å². The standard InChI is InChI=1S/C34H34N2O4.C15H14O2.C15H14O/c37-33(31(25-15-5-1-6-16-25)26-17-7-2-8-18-26)35(39)29-23-13-14-24-30(29)36(40)34(38)32(27-19-9-3-10-20-27)28-21-11-4-12-22-28;16-11-15(13-9-5-2-6-10-13)14(17-15)12-7-3-1-4-8-12;16-12-15(14-9-5-2-6-10-14)11-13-7-3-1-4-8-13/h1-12,15-22,29-32,39-40H,13-14,23-24H2;1-10,14,16H,11H2;1-11,16H,12H2/b;;15-11-/t29-,30-;;/m1../s1. The highest BCUT2D eigenvalue weighted by molar-refractivity contribution is 5.88. The fourth-order valence-corrected chi connectivity index (χ4v) is 9.71. The number of amides is 2. The van der Waals surface area contributed by atoms with Crippen LogP contribution in [0.1, 0.15) is 88.1 Å². The SMILES string of the molecule is O=C(C(c1ccccc1)c1ccccc1)N(O)[C@@H]1CCCC[C@H]1N(O)C(=O)C(c1ccccc1)c1ccccc1.OC/C(=C/c1ccccc1)c1ccccc1.OCC1(c2ccccc2)OC1c1ccccc1. The molecule has 0 bridgehead atoms. The second-order valence-corrected chi connectivity index (χ2v) is 18.2. The molecule has 2 unspecified atom stereocenters. The summed E-state index contributed by atoms with van der Waals surface area (Å²) in [4.78, 5) is 27.9. The van der Waals surface area contributed by atoms with E-state index in [1.54, 1.807) is 0 Å². The minimum atomic E-state index is -0.752. The molecule has 4 atom stereocenters. The first-order valence-electron chi connectivity index (χ1n) is 24.9. The summed E-state index contributed by atoms with van der Waals surface area (Å²) in [5.74, 6) is -2.42. The molecule has 4 N–H and O–H groups in total. The summed E-state index contributed by atoms with van der Waals surface area (Å²) in [6.45, 7) is 0.0650. The van der Waals surface area contributed by atoms with E-state index in [0.29, 0.717) is 12.8 Å². The highest BCUT2D eigenvalue weighted by Crippen LogP contribution is 2.56. The van der Waals surface area contributed by atoms with Gasteiger partial charge >= 0.3 is 0 Å². The molecule has 73 heavy (non-hydrogen) atoms. The average molecular weight is 971 g/mol. The van der Waals surface area contributed by atoms with Gasteiger partial charge in [0.1, 0.15) is 11.7 Å². The number of benzene rings is 8. The lowest BCUT2D eigenvalue weighted by Gasteiger charge is -2.41. The molecule has 0 aromatic heterocycles. The van der Waals surface area contributed by atoms with Crippen molar-refractivity contribution in [3.8, 4) is 0 Å². The molecule has 1 heterocycles. The minimum absolute atomic E-state index is 0.0105. The van der Waals surface area contributed by atoms with Crippen molar-refractivity contribution >= 4 is 23.5 Å². The summed E-state index contributed by atoms with van der Waals surface area (Å²) in [6.07, 6.45) is 4.46. The van der Waals surface area contributed by atoms with Crippen LogP contribution in [0.25, 0.3) is 11.6 Å². The minimum Gasteiger partial charge on any atom is -0.393 e. The fraction of sp³-hybridized carbons (Fsp3) is 0.188. The summed E-state index contributed by atoms with van der Waals surface area (Å²) in [7, 11) is 0. The second kappa shape index (κ2) is 25.6. The monoisotopic (exact) mass is 970 g/mol. The zero-order valence-corrected chi connectivity index (χ0v) is 40.7. The van der Waals surface area contributed by atoms with Crippen LogP contribution >= 0.6 is 0 Å². The van der Waals surface area contributed by atoms with Gasteiger partial charge in [-0.3, -0.25) is 20.0 Å². The Morgan fingerprint density at radius 3 is 1.21 bits per heavy atom. The molecule has 1 aliphatic carbocycles. The Bertz CT molecular complexity index is 2750. The van der Waals surface area contributed by atoms with Gasteiger partial charge in [-0.1, -0.05) is 255 Å². The molecule has 2 amide bonds. The average Bonchev–Trinajstić information content (AvgIpc) is 4.23. The molecule has 1 saturated carbocycles. The van der Waals surface area contributed by atoms with Gasteiger partial charge in [0.15, 0.2) is 0 Å². The number of ether oxygens (including phenoxy) is 1. The Hall–Kier alpha value is -7.76. The molecule has 2 fully saturated rings. The van der Waals surface area contributed by atoms with Crippen LogP contribution in [-0.4, -0.2) is 67.9 Å².